The van der Waals surface area contributed by atoms with E-state index < -0.39 is 29.6 Å². The highest BCUT2D eigenvalue weighted by atomic mass is 32.2. The zero-order valence-corrected chi connectivity index (χ0v) is 20.3. The largest absolute Gasteiger partial charge is 0.772 e. The number of nitrogens with one attached hydrogen (secondary N) is 1. The van der Waals surface area contributed by atoms with Crippen LogP contribution in [0.15, 0.2) is 36.4 Å². The van der Waals surface area contributed by atoms with Crippen molar-refractivity contribution in [3.05, 3.63) is 53.1 Å². The minimum atomic E-state index is -2.47. The molecule has 0 aliphatic heterocycles. The Morgan fingerprint density at radius 2 is 1.56 bits per heavy atom. The highest BCUT2D eigenvalue weighted by Gasteiger charge is 2.22. The number of anilines is 1. The molecule has 1 N–H and O–H groups in total. The summed E-state index contributed by atoms with van der Waals surface area (Å²) in [5, 5.41) is 2.56. The van der Waals surface area contributed by atoms with Crippen LogP contribution < -0.4 is 14.8 Å². The van der Waals surface area contributed by atoms with Gasteiger partial charge in [0.1, 0.15) is 11.5 Å². The third-order valence-electron chi connectivity index (χ3n) is 4.59. The smallest absolute Gasteiger partial charge is 0.303 e. The topological polar surface area (TPSA) is 132 Å². The molecule has 11 heteroatoms. The van der Waals surface area contributed by atoms with Crippen molar-refractivity contribution in [3.63, 3.8) is 0 Å². The summed E-state index contributed by atoms with van der Waals surface area (Å²) in [5.74, 6) is -0.360. The Bertz CT molecular complexity index is 1100. The fraction of sp³-hybridized carbons (Fsp3) is 0.304. The molecule has 10 nitrogen and oxygen atoms in total. The van der Waals surface area contributed by atoms with E-state index in [4.69, 9.17) is 23.7 Å². The lowest BCUT2D eigenvalue weighted by Crippen LogP contribution is -2.20. The van der Waals surface area contributed by atoms with Gasteiger partial charge in [-0.05, 0) is 29.8 Å². The maximum absolute atomic E-state index is 12.2. The lowest BCUT2D eigenvalue weighted by Gasteiger charge is -2.21. The SMILES string of the molecule is COC(=C(OC)c1ccccc1OC)c1cc(OC)c(NC(=O)COC(C)=O)cc1CS(=O)[O-]. The van der Waals surface area contributed by atoms with Crippen LogP contribution in [0.2, 0.25) is 0 Å². The van der Waals surface area contributed by atoms with Gasteiger partial charge in [0.05, 0.1) is 39.7 Å². The van der Waals surface area contributed by atoms with Crippen molar-refractivity contribution >= 4 is 40.2 Å². The van der Waals surface area contributed by atoms with Crippen molar-refractivity contribution in [1.29, 1.82) is 0 Å². The Morgan fingerprint density at radius 3 is 2.12 bits per heavy atom. The molecule has 1 unspecified atom stereocenters. The van der Waals surface area contributed by atoms with Crippen molar-refractivity contribution in [1.82, 2.24) is 0 Å². The summed E-state index contributed by atoms with van der Waals surface area (Å²) in [6.07, 6.45) is 0. The summed E-state index contributed by atoms with van der Waals surface area (Å²) >= 11 is -2.47. The van der Waals surface area contributed by atoms with Gasteiger partial charge in [-0.3, -0.25) is 13.8 Å². The predicted octanol–water partition coefficient (Wildman–Crippen LogP) is 2.70. The van der Waals surface area contributed by atoms with Gasteiger partial charge in [0.25, 0.3) is 5.91 Å². The average Bonchev–Trinajstić information content (AvgIpc) is 2.81. The summed E-state index contributed by atoms with van der Waals surface area (Å²) < 4.78 is 50.1. The first-order chi connectivity index (χ1) is 16.2. The van der Waals surface area contributed by atoms with E-state index in [2.05, 4.69) is 5.32 Å². The van der Waals surface area contributed by atoms with Crippen LogP contribution in [-0.4, -0.2) is 55.7 Å². The van der Waals surface area contributed by atoms with E-state index in [0.29, 0.717) is 28.2 Å². The molecule has 1 atom stereocenters. The van der Waals surface area contributed by atoms with Crippen LogP contribution in [0.4, 0.5) is 5.69 Å². The molecule has 184 valence electrons. The summed E-state index contributed by atoms with van der Waals surface area (Å²) in [5.41, 5.74) is 1.44. The lowest BCUT2D eigenvalue weighted by atomic mass is 10.0. The first kappa shape index (κ1) is 26.7. The molecule has 0 bridgehead atoms. The molecule has 0 radical (unpaired) electrons. The summed E-state index contributed by atoms with van der Waals surface area (Å²) in [4.78, 5) is 23.1. The fourth-order valence-corrected chi connectivity index (χ4v) is 3.68. The van der Waals surface area contributed by atoms with Gasteiger partial charge in [0.15, 0.2) is 18.1 Å². The molecule has 0 aliphatic carbocycles. The second-order valence-corrected chi connectivity index (χ2v) is 7.65. The predicted molar refractivity (Wildman–Crippen MR) is 125 cm³/mol. The summed E-state index contributed by atoms with van der Waals surface area (Å²) in [7, 11) is 5.77. The number of rotatable bonds is 11. The van der Waals surface area contributed by atoms with E-state index in [1.807, 2.05) is 0 Å². The van der Waals surface area contributed by atoms with Crippen molar-refractivity contribution in [2.75, 3.05) is 40.4 Å². The van der Waals surface area contributed by atoms with Crippen LogP contribution in [0, 0.1) is 0 Å². The van der Waals surface area contributed by atoms with E-state index in [1.165, 1.54) is 47.5 Å². The molecule has 1 amide bonds. The minimum absolute atomic E-state index is 0.190. The Labute approximate surface area is 200 Å². The van der Waals surface area contributed by atoms with Gasteiger partial charge in [-0.2, -0.15) is 0 Å². The molecule has 2 aromatic rings. The molecular formula is C23H26NO9S-. The third-order valence-corrected chi connectivity index (χ3v) is 5.14. The maximum Gasteiger partial charge on any atom is 0.303 e. The number of ether oxygens (including phenoxy) is 5. The highest BCUT2D eigenvalue weighted by Crippen LogP contribution is 2.38. The Morgan fingerprint density at radius 1 is 0.941 bits per heavy atom. The van der Waals surface area contributed by atoms with Crippen LogP contribution >= 0.6 is 0 Å². The van der Waals surface area contributed by atoms with Gasteiger partial charge in [-0.1, -0.05) is 23.2 Å². The lowest BCUT2D eigenvalue weighted by molar-refractivity contribution is -0.144. The van der Waals surface area contributed by atoms with Crippen LogP contribution in [0.5, 0.6) is 11.5 Å². The molecular weight excluding hydrogens is 466 g/mol. The maximum atomic E-state index is 12.2. The van der Waals surface area contributed by atoms with Gasteiger partial charge in [-0.25, -0.2) is 0 Å². The minimum Gasteiger partial charge on any atom is -0.772 e. The van der Waals surface area contributed by atoms with Crippen LogP contribution in [0.25, 0.3) is 11.5 Å². The zero-order valence-electron chi connectivity index (χ0n) is 19.5. The van der Waals surface area contributed by atoms with E-state index in [0.717, 1.165) is 0 Å². The van der Waals surface area contributed by atoms with Gasteiger partial charge in [0, 0.05) is 18.2 Å². The average molecular weight is 493 g/mol. The number of carbonyl (C=O) groups is 2. The van der Waals surface area contributed by atoms with Gasteiger partial charge in [0.2, 0.25) is 0 Å². The molecule has 0 saturated heterocycles. The first-order valence-corrected chi connectivity index (χ1v) is 11.2. The second kappa shape index (κ2) is 12.6. The van der Waals surface area contributed by atoms with E-state index in [9.17, 15) is 18.4 Å². The van der Waals surface area contributed by atoms with Gasteiger partial charge >= 0.3 is 5.97 Å². The number of amides is 1. The van der Waals surface area contributed by atoms with Gasteiger partial charge < -0.3 is 33.6 Å². The van der Waals surface area contributed by atoms with Crippen LogP contribution in [0.1, 0.15) is 23.6 Å². The molecule has 0 fully saturated rings. The number of carbonyl (C=O) groups excluding carboxylic acids is 2. The number of hydrogen-bond acceptors (Lipinski definition) is 9. The molecule has 0 saturated carbocycles. The Kier molecular flexibility index (Phi) is 9.90. The Balaban J connectivity index is 2.69. The van der Waals surface area contributed by atoms with Crippen molar-refractivity contribution in [3.8, 4) is 11.5 Å². The van der Waals surface area contributed by atoms with Crippen molar-refractivity contribution < 1.29 is 42.0 Å². The number of benzene rings is 2. The standard InChI is InChI=1S/C23H27NO9S/c1-14(25)33-12-21(26)24-18-10-15(13-34(27)28)17(11-20(18)30-3)23(32-5)22(31-4)16-8-6-7-9-19(16)29-2/h6-11H,12-13H2,1-5H3,(H,24,26)(H,27,28)/p-1. The molecule has 0 aromatic heterocycles. The fourth-order valence-electron chi connectivity index (χ4n) is 3.18. The highest BCUT2D eigenvalue weighted by molar-refractivity contribution is 7.78. The number of hydrogen-bond donors (Lipinski definition) is 1. The normalized spacial score (nSPS) is 12.2. The summed E-state index contributed by atoms with van der Waals surface area (Å²) in [6, 6.07) is 10.1. The van der Waals surface area contributed by atoms with Crippen LogP contribution in [-0.2, 0) is 40.6 Å². The number of para-hydroxylation sites is 1. The molecule has 34 heavy (non-hydrogen) atoms. The van der Waals surface area contributed by atoms with Crippen molar-refractivity contribution in [2.45, 2.75) is 12.7 Å². The quantitative estimate of drug-likeness (QED) is 0.218. The second-order valence-electron chi connectivity index (χ2n) is 6.75. The molecule has 0 heterocycles. The molecule has 0 spiro atoms. The third kappa shape index (κ3) is 6.72. The summed E-state index contributed by atoms with van der Waals surface area (Å²) in [6.45, 7) is 0.673. The van der Waals surface area contributed by atoms with E-state index >= 15 is 0 Å². The van der Waals surface area contributed by atoms with Crippen LogP contribution in [0.3, 0.4) is 0 Å². The van der Waals surface area contributed by atoms with Crippen molar-refractivity contribution in [2.24, 2.45) is 0 Å². The van der Waals surface area contributed by atoms with E-state index in [-0.39, 0.29) is 22.9 Å². The molecule has 0 aliphatic rings. The van der Waals surface area contributed by atoms with E-state index in [1.54, 1.807) is 24.3 Å². The molecule has 2 rings (SSSR count). The monoisotopic (exact) mass is 492 g/mol. The van der Waals surface area contributed by atoms with Gasteiger partial charge in [-0.15, -0.1) is 0 Å². The number of methoxy groups -OCH3 is 4. The molecule has 2 aromatic carbocycles. The Hall–Kier alpha value is -3.57. The number of esters is 1. The first-order valence-electron chi connectivity index (χ1n) is 9.91. The zero-order chi connectivity index (χ0) is 25.3.